The molecule has 0 aliphatic rings. The highest BCUT2D eigenvalue weighted by atomic mass is 35.5. The highest BCUT2D eigenvalue weighted by Crippen LogP contribution is 2.21. The highest BCUT2D eigenvalue weighted by Gasteiger charge is 2.19. The number of carbonyl (C=O) groups is 1. The maximum atomic E-state index is 12.5. The van der Waals surface area contributed by atoms with Crippen molar-refractivity contribution in [1.29, 1.82) is 0 Å². The third-order valence-corrected chi connectivity index (χ3v) is 4.70. The highest BCUT2D eigenvalue weighted by molar-refractivity contribution is 6.31. The second-order valence-electron chi connectivity index (χ2n) is 6.23. The number of aromatic nitrogens is 3. The van der Waals surface area contributed by atoms with E-state index in [4.69, 9.17) is 16.3 Å². The summed E-state index contributed by atoms with van der Waals surface area (Å²) in [6, 6.07) is 11.5. The number of rotatable bonds is 5. The third kappa shape index (κ3) is 4.20. The minimum atomic E-state index is -0.843. The number of hydrogen-bond donors (Lipinski definition) is 1. The van der Waals surface area contributed by atoms with E-state index in [0.717, 1.165) is 15.8 Å². The molecule has 0 radical (unpaired) electrons. The van der Waals surface area contributed by atoms with E-state index < -0.39 is 17.6 Å². The Morgan fingerprint density at radius 3 is 2.54 bits per heavy atom. The van der Waals surface area contributed by atoms with Crippen LogP contribution in [0.4, 0.5) is 5.69 Å². The monoisotopic (exact) mass is 398 g/mol. The summed E-state index contributed by atoms with van der Waals surface area (Å²) in [6.07, 6.45) is 1.45. The first-order valence-corrected chi connectivity index (χ1v) is 8.94. The van der Waals surface area contributed by atoms with Crippen molar-refractivity contribution in [2.75, 3.05) is 12.4 Å². The predicted molar refractivity (Wildman–Crippen MR) is 108 cm³/mol. The molecule has 144 valence electrons. The van der Waals surface area contributed by atoms with Crippen LogP contribution < -0.4 is 15.7 Å². The molecule has 1 atom stereocenters. The molecule has 0 bridgehead atoms. The van der Waals surface area contributed by atoms with Crippen molar-refractivity contribution in [2.24, 2.45) is 0 Å². The van der Waals surface area contributed by atoms with Gasteiger partial charge in [0.1, 0.15) is 11.8 Å². The lowest BCUT2D eigenvalue weighted by atomic mass is 10.1. The molecule has 1 N–H and O–H groups in total. The second-order valence-corrected chi connectivity index (χ2v) is 6.63. The summed E-state index contributed by atoms with van der Waals surface area (Å²) in [5.41, 5.74) is 1.98. The molecule has 0 aliphatic carbocycles. The number of halogens is 1. The van der Waals surface area contributed by atoms with Gasteiger partial charge in [-0.3, -0.25) is 4.79 Å². The molecule has 28 heavy (non-hydrogen) atoms. The zero-order valence-electron chi connectivity index (χ0n) is 15.6. The lowest BCUT2D eigenvalue weighted by molar-refractivity contribution is -0.119. The molecule has 0 saturated heterocycles. The van der Waals surface area contributed by atoms with Crippen LogP contribution >= 0.6 is 11.6 Å². The number of carbonyl (C=O) groups excluding carboxylic acids is 1. The van der Waals surface area contributed by atoms with E-state index in [1.807, 2.05) is 6.92 Å². The number of methoxy groups -OCH3 is 1. The number of nitrogens with zero attached hydrogens (tertiary/aromatic N) is 3. The summed E-state index contributed by atoms with van der Waals surface area (Å²) in [6.45, 7) is 3.45. The van der Waals surface area contributed by atoms with E-state index in [-0.39, 0.29) is 0 Å². The van der Waals surface area contributed by atoms with Gasteiger partial charge in [0.25, 0.3) is 0 Å². The van der Waals surface area contributed by atoms with Crippen LogP contribution in [0.5, 0.6) is 5.75 Å². The number of anilines is 1. The molecule has 3 aromatic rings. The predicted octanol–water partition coefficient (Wildman–Crippen LogP) is 3.48. The van der Waals surface area contributed by atoms with Gasteiger partial charge in [-0.05, 0) is 55.8 Å². The van der Waals surface area contributed by atoms with Crippen molar-refractivity contribution < 1.29 is 9.53 Å². The van der Waals surface area contributed by atoms with Gasteiger partial charge >= 0.3 is 5.69 Å². The molecule has 1 aromatic heterocycles. The minimum Gasteiger partial charge on any atom is -0.497 e. The molecule has 1 amide bonds. The van der Waals surface area contributed by atoms with Gasteiger partial charge in [-0.1, -0.05) is 17.7 Å². The Morgan fingerprint density at radius 1 is 1.21 bits per heavy atom. The van der Waals surface area contributed by atoms with Gasteiger partial charge in [0, 0.05) is 16.3 Å². The summed E-state index contributed by atoms with van der Waals surface area (Å²) < 4.78 is 6.15. The number of hydrogen-bond acceptors (Lipinski definition) is 5. The number of aryl methyl sites for hydroxylation is 1. The first kappa shape index (κ1) is 19.6. The van der Waals surface area contributed by atoms with E-state index in [9.17, 15) is 9.59 Å². The van der Waals surface area contributed by atoms with E-state index in [2.05, 4.69) is 15.4 Å². The third-order valence-electron chi connectivity index (χ3n) is 4.29. The zero-order valence-corrected chi connectivity index (χ0v) is 16.4. The summed E-state index contributed by atoms with van der Waals surface area (Å²) in [5.74, 6) is 0.306. The Labute approximate surface area is 166 Å². The lowest BCUT2D eigenvalue weighted by Crippen LogP contribution is -2.34. The molecule has 0 saturated carbocycles. The Balaban J connectivity index is 1.79. The Kier molecular flexibility index (Phi) is 5.75. The normalized spacial score (nSPS) is 11.7. The quantitative estimate of drug-likeness (QED) is 0.711. The standard InChI is InChI=1S/C20H19ClN4O3/c1-12-4-7-15(10-17(12)21)23-19(26)13(2)25-20(27)24-18(11-22-25)14-5-8-16(28-3)9-6-14/h4-11,13H,1-3H3,(H,23,26)/t13-/m0/s1. The van der Waals surface area contributed by atoms with Crippen molar-refractivity contribution in [3.05, 3.63) is 69.7 Å². The smallest absolute Gasteiger partial charge is 0.365 e. The van der Waals surface area contributed by atoms with Crippen LogP contribution in [-0.2, 0) is 4.79 Å². The zero-order chi connectivity index (χ0) is 20.3. The first-order chi connectivity index (χ1) is 13.4. The van der Waals surface area contributed by atoms with Crippen LogP contribution in [0.25, 0.3) is 11.3 Å². The van der Waals surface area contributed by atoms with Crippen LogP contribution in [0, 0.1) is 6.92 Å². The molecule has 2 aromatic carbocycles. The van der Waals surface area contributed by atoms with Crippen molar-refractivity contribution in [3.63, 3.8) is 0 Å². The van der Waals surface area contributed by atoms with Gasteiger partial charge in [0.05, 0.1) is 19.0 Å². The van der Waals surface area contributed by atoms with Crippen molar-refractivity contribution in [2.45, 2.75) is 19.9 Å². The van der Waals surface area contributed by atoms with Gasteiger partial charge in [-0.15, -0.1) is 0 Å². The molecule has 7 nitrogen and oxygen atoms in total. The number of nitrogens with one attached hydrogen (secondary N) is 1. The van der Waals surface area contributed by atoms with Gasteiger partial charge in [0.15, 0.2) is 0 Å². The van der Waals surface area contributed by atoms with E-state index in [1.165, 1.54) is 6.20 Å². The fourth-order valence-corrected chi connectivity index (χ4v) is 2.72. The van der Waals surface area contributed by atoms with Crippen LogP contribution in [0.2, 0.25) is 5.02 Å². The van der Waals surface area contributed by atoms with E-state index in [0.29, 0.717) is 22.2 Å². The number of benzene rings is 2. The molecule has 0 aliphatic heterocycles. The van der Waals surface area contributed by atoms with Crippen molar-refractivity contribution in [1.82, 2.24) is 14.8 Å². The van der Waals surface area contributed by atoms with Crippen molar-refractivity contribution in [3.8, 4) is 17.0 Å². The summed E-state index contributed by atoms with van der Waals surface area (Å²) in [7, 11) is 1.58. The molecule has 0 spiro atoms. The van der Waals surface area contributed by atoms with Crippen LogP contribution in [0.3, 0.4) is 0 Å². The second kappa shape index (κ2) is 8.22. The molecule has 1 heterocycles. The average molecular weight is 399 g/mol. The molecular weight excluding hydrogens is 380 g/mol. The summed E-state index contributed by atoms with van der Waals surface area (Å²) in [5, 5.41) is 7.39. The Hall–Kier alpha value is -3.19. The van der Waals surface area contributed by atoms with E-state index >= 15 is 0 Å². The number of ether oxygens (including phenoxy) is 1. The van der Waals surface area contributed by atoms with Gasteiger partial charge in [-0.2, -0.15) is 10.1 Å². The first-order valence-electron chi connectivity index (χ1n) is 8.56. The van der Waals surface area contributed by atoms with E-state index in [1.54, 1.807) is 56.5 Å². The average Bonchev–Trinajstić information content (AvgIpc) is 2.70. The Bertz CT molecular complexity index is 1060. The van der Waals surface area contributed by atoms with Crippen LogP contribution in [-0.4, -0.2) is 27.8 Å². The van der Waals surface area contributed by atoms with Crippen molar-refractivity contribution >= 4 is 23.2 Å². The van der Waals surface area contributed by atoms with Gasteiger partial charge in [-0.25, -0.2) is 9.48 Å². The maximum absolute atomic E-state index is 12.5. The van der Waals surface area contributed by atoms with Crippen LogP contribution in [0.15, 0.2) is 53.5 Å². The molecule has 8 heteroatoms. The summed E-state index contributed by atoms with van der Waals surface area (Å²) in [4.78, 5) is 28.9. The molecule has 3 rings (SSSR count). The van der Waals surface area contributed by atoms with Gasteiger partial charge < -0.3 is 10.1 Å². The Morgan fingerprint density at radius 2 is 1.93 bits per heavy atom. The fraction of sp³-hybridized carbons (Fsp3) is 0.200. The molecular formula is C20H19ClN4O3. The summed E-state index contributed by atoms with van der Waals surface area (Å²) >= 11 is 6.08. The number of amides is 1. The van der Waals surface area contributed by atoms with Gasteiger partial charge in [0.2, 0.25) is 5.91 Å². The SMILES string of the molecule is COc1ccc(-c2cnn([C@@H](C)C(=O)Nc3ccc(C)c(Cl)c3)c(=O)n2)cc1. The fourth-order valence-electron chi connectivity index (χ4n) is 2.54. The maximum Gasteiger partial charge on any atom is 0.365 e. The lowest BCUT2D eigenvalue weighted by Gasteiger charge is -2.14. The minimum absolute atomic E-state index is 0.395. The topological polar surface area (TPSA) is 86.1 Å². The largest absolute Gasteiger partial charge is 0.497 e. The van der Waals surface area contributed by atoms with Crippen LogP contribution in [0.1, 0.15) is 18.5 Å². The molecule has 0 unspecified atom stereocenters. The molecule has 0 fully saturated rings.